The van der Waals surface area contributed by atoms with E-state index in [0.29, 0.717) is 24.7 Å². The predicted octanol–water partition coefficient (Wildman–Crippen LogP) is 4.28. The molecule has 30 heavy (non-hydrogen) atoms. The van der Waals surface area contributed by atoms with Gasteiger partial charge in [0.25, 0.3) is 0 Å². The lowest BCUT2D eigenvalue weighted by atomic mass is 10.2. The van der Waals surface area contributed by atoms with Gasteiger partial charge in [0.15, 0.2) is 0 Å². The quantitative estimate of drug-likeness (QED) is 0.289. The zero-order chi connectivity index (χ0) is 21.8. The second kappa shape index (κ2) is 12.4. The number of hydrogen-bond donors (Lipinski definition) is 2. The molecule has 2 aromatic rings. The number of ether oxygens (including phenoxy) is 2. The molecule has 8 heteroatoms. The summed E-state index contributed by atoms with van der Waals surface area (Å²) in [6, 6.07) is 12.5. The molecule has 0 radical (unpaired) electrons. The van der Waals surface area contributed by atoms with Crippen LogP contribution in [0.2, 0.25) is 0 Å². The van der Waals surface area contributed by atoms with Crippen LogP contribution in [0.5, 0.6) is 11.5 Å². The molecule has 0 aliphatic heterocycles. The van der Waals surface area contributed by atoms with Crippen LogP contribution >= 0.6 is 15.9 Å². The fourth-order valence-corrected chi connectivity index (χ4v) is 2.86. The van der Waals surface area contributed by atoms with E-state index in [1.165, 1.54) is 6.21 Å². The van der Waals surface area contributed by atoms with Crippen molar-refractivity contribution in [1.29, 1.82) is 0 Å². The lowest BCUT2D eigenvalue weighted by Gasteiger charge is -2.07. The standard InChI is InChI=1S/C22H24BrN3O4/c1-3-13-30-20-10-5-16(14-19(20)23)15-24-26-22(28)12-11-21(27)25-17-6-8-18(9-7-17)29-4-2/h3,5-10,14-15H,1,4,11-13H2,2H3,(H,25,27)(H,26,28). The first kappa shape index (κ1) is 23.2. The van der Waals surface area contributed by atoms with Gasteiger partial charge >= 0.3 is 0 Å². The van der Waals surface area contributed by atoms with Gasteiger partial charge in [0.2, 0.25) is 11.8 Å². The molecule has 0 aliphatic rings. The summed E-state index contributed by atoms with van der Waals surface area (Å²) in [4.78, 5) is 23.9. The summed E-state index contributed by atoms with van der Waals surface area (Å²) in [5, 5.41) is 6.65. The van der Waals surface area contributed by atoms with Gasteiger partial charge in [0.05, 0.1) is 17.3 Å². The predicted molar refractivity (Wildman–Crippen MR) is 121 cm³/mol. The van der Waals surface area contributed by atoms with Crippen LogP contribution in [0, 0.1) is 0 Å². The van der Waals surface area contributed by atoms with Gasteiger partial charge in [-0.05, 0) is 70.9 Å². The number of halogens is 1. The van der Waals surface area contributed by atoms with Gasteiger partial charge in [-0.25, -0.2) is 5.43 Å². The van der Waals surface area contributed by atoms with Crippen molar-refractivity contribution in [3.05, 3.63) is 65.2 Å². The number of carbonyl (C=O) groups is 2. The second-order valence-electron chi connectivity index (χ2n) is 6.09. The maximum absolute atomic E-state index is 12.0. The average molecular weight is 474 g/mol. The number of benzene rings is 2. The molecule has 0 spiro atoms. The fourth-order valence-electron chi connectivity index (χ4n) is 2.35. The Labute approximate surface area is 184 Å². The Balaban J connectivity index is 1.74. The Morgan fingerprint density at radius 3 is 2.50 bits per heavy atom. The molecular weight excluding hydrogens is 450 g/mol. The molecule has 0 aromatic heterocycles. The largest absolute Gasteiger partial charge is 0.494 e. The molecule has 158 valence electrons. The van der Waals surface area contributed by atoms with E-state index < -0.39 is 0 Å². The van der Waals surface area contributed by atoms with Crippen molar-refractivity contribution < 1.29 is 19.1 Å². The van der Waals surface area contributed by atoms with E-state index in [2.05, 4.69) is 38.4 Å². The van der Waals surface area contributed by atoms with Crippen molar-refractivity contribution >= 4 is 39.6 Å². The minimum absolute atomic E-state index is 0.0260. The topological polar surface area (TPSA) is 89.0 Å². The highest BCUT2D eigenvalue weighted by molar-refractivity contribution is 9.10. The van der Waals surface area contributed by atoms with Crippen molar-refractivity contribution in [3.8, 4) is 11.5 Å². The maximum atomic E-state index is 12.0. The number of rotatable bonds is 11. The maximum Gasteiger partial charge on any atom is 0.240 e. The molecule has 0 fully saturated rings. The molecular formula is C22H24BrN3O4. The Morgan fingerprint density at radius 1 is 1.10 bits per heavy atom. The van der Waals surface area contributed by atoms with Crippen molar-refractivity contribution in [3.63, 3.8) is 0 Å². The highest BCUT2D eigenvalue weighted by Gasteiger charge is 2.07. The van der Waals surface area contributed by atoms with E-state index in [4.69, 9.17) is 9.47 Å². The summed E-state index contributed by atoms with van der Waals surface area (Å²) in [6.45, 7) is 6.50. The molecule has 0 bridgehead atoms. The third-order valence-corrected chi connectivity index (χ3v) is 4.36. The molecule has 0 aliphatic carbocycles. The van der Waals surface area contributed by atoms with Gasteiger partial charge in [-0.2, -0.15) is 5.10 Å². The highest BCUT2D eigenvalue weighted by Crippen LogP contribution is 2.25. The zero-order valence-corrected chi connectivity index (χ0v) is 18.3. The van der Waals surface area contributed by atoms with Crippen LogP contribution < -0.4 is 20.2 Å². The van der Waals surface area contributed by atoms with E-state index in [9.17, 15) is 9.59 Å². The minimum atomic E-state index is -0.349. The minimum Gasteiger partial charge on any atom is -0.494 e. The van der Waals surface area contributed by atoms with E-state index in [1.807, 2.05) is 19.1 Å². The van der Waals surface area contributed by atoms with Gasteiger partial charge in [-0.15, -0.1) is 0 Å². The summed E-state index contributed by atoms with van der Waals surface area (Å²) in [5.74, 6) is 0.823. The Hall–Kier alpha value is -3.13. The van der Waals surface area contributed by atoms with Gasteiger partial charge < -0.3 is 14.8 Å². The first-order valence-electron chi connectivity index (χ1n) is 9.39. The van der Waals surface area contributed by atoms with Crippen LogP contribution in [0.25, 0.3) is 0 Å². The lowest BCUT2D eigenvalue weighted by molar-refractivity contribution is -0.124. The van der Waals surface area contributed by atoms with Crippen LogP contribution in [-0.4, -0.2) is 31.2 Å². The average Bonchev–Trinajstić information content (AvgIpc) is 2.73. The molecule has 0 saturated carbocycles. The molecule has 2 amide bonds. The first-order chi connectivity index (χ1) is 14.5. The van der Waals surface area contributed by atoms with Crippen molar-refractivity contribution in [1.82, 2.24) is 5.43 Å². The molecule has 7 nitrogen and oxygen atoms in total. The molecule has 2 rings (SSSR count). The Bertz CT molecular complexity index is 898. The van der Waals surface area contributed by atoms with Gasteiger partial charge in [-0.3, -0.25) is 9.59 Å². The lowest BCUT2D eigenvalue weighted by Crippen LogP contribution is -2.20. The van der Waals surface area contributed by atoms with E-state index in [1.54, 1.807) is 36.4 Å². The second-order valence-corrected chi connectivity index (χ2v) is 6.94. The number of nitrogens with zero attached hydrogens (tertiary/aromatic N) is 1. The smallest absolute Gasteiger partial charge is 0.240 e. The van der Waals surface area contributed by atoms with Crippen LogP contribution in [0.1, 0.15) is 25.3 Å². The van der Waals surface area contributed by atoms with Crippen LogP contribution in [-0.2, 0) is 9.59 Å². The molecule has 2 N–H and O–H groups in total. The number of amides is 2. The molecule has 0 unspecified atom stereocenters. The highest BCUT2D eigenvalue weighted by atomic mass is 79.9. The molecule has 2 aromatic carbocycles. The fraction of sp³-hybridized carbons (Fsp3) is 0.227. The van der Waals surface area contributed by atoms with Gasteiger partial charge in [-0.1, -0.05) is 12.7 Å². The van der Waals surface area contributed by atoms with Crippen LogP contribution in [0.15, 0.2) is 64.7 Å². The van der Waals surface area contributed by atoms with E-state index >= 15 is 0 Å². The number of hydrazone groups is 1. The third kappa shape index (κ3) is 8.08. The summed E-state index contributed by atoms with van der Waals surface area (Å²) in [7, 11) is 0. The van der Waals surface area contributed by atoms with E-state index in [0.717, 1.165) is 15.8 Å². The summed E-state index contributed by atoms with van der Waals surface area (Å²) in [5.41, 5.74) is 3.84. The normalized spacial score (nSPS) is 10.5. The number of anilines is 1. The Kier molecular flexibility index (Phi) is 9.60. The number of carbonyl (C=O) groups excluding carboxylic acids is 2. The van der Waals surface area contributed by atoms with Crippen molar-refractivity contribution in [2.24, 2.45) is 5.10 Å². The number of hydrogen-bond acceptors (Lipinski definition) is 5. The van der Waals surface area contributed by atoms with Crippen molar-refractivity contribution in [2.75, 3.05) is 18.5 Å². The van der Waals surface area contributed by atoms with Gasteiger partial charge in [0, 0.05) is 18.5 Å². The van der Waals surface area contributed by atoms with E-state index in [-0.39, 0.29) is 24.7 Å². The van der Waals surface area contributed by atoms with Crippen LogP contribution in [0.4, 0.5) is 5.69 Å². The molecule has 0 saturated heterocycles. The Morgan fingerprint density at radius 2 is 1.83 bits per heavy atom. The zero-order valence-electron chi connectivity index (χ0n) is 16.7. The molecule has 0 heterocycles. The monoisotopic (exact) mass is 473 g/mol. The van der Waals surface area contributed by atoms with Crippen LogP contribution in [0.3, 0.4) is 0 Å². The third-order valence-electron chi connectivity index (χ3n) is 3.74. The van der Waals surface area contributed by atoms with Gasteiger partial charge in [0.1, 0.15) is 18.1 Å². The summed E-state index contributed by atoms with van der Waals surface area (Å²) >= 11 is 3.42. The first-order valence-corrected chi connectivity index (χ1v) is 10.2. The molecule has 0 atom stereocenters. The summed E-state index contributed by atoms with van der Waals surface area (Å²) in [6.07, 6.45) is 3.25. The van der Waals surface area contributed by atoms with Crippen molar-refractivity contribution in [2.45, 2.75) is 19.8 Å². The number of nitrogens with one attached hydrogen (secondary N) is 2. The SMILES string of the molecule is C=CCOc1ccc(C=NNC(=O)CCC(=O)Nc2ccc(OCC)cc2)cc1Br. The summed E-state index contributed by atoms with van der Waals surface area (Å²) < 4.78 is 11.6.